The number of amides is 1. The highest BCUT2D eigenvalue weighted by molar-refractivity contribution is 6.00. The van der Waals surface area contributed by atoms with E-state index in [0.717, 1.165) is 0 Å². The predicted octanol–water partition coefficient (Wildman–Crippen LogP) is 1.98. The molecule has 2 N–H and O–H groups in total. The van der Waals surface area contributed by atoms with Gasteiger partial charge in [-0.25, -0.2) is 0 Å². The van der Waals surface area contributed by atoms with Gasteiger partial charge in [0, 0.05) is 0 Å². The number of fused-ring (bicyclic) bond motifs is 1. The van der Waals surface area contributed by atoms with Gasteiger partial charge in [0.15, 0.2) is 5.60 Å². The molecule has 0 saturated heterocycles. The number of hydrogen-bond acceptors (Lipinski definition) is 3. The van der Waals surface area contributed by atoms with Crippen LogP contribution in [0.25, 0.3) is 0 Å². The third-order valence-corrected chi connectivity index (χ3v) is 3.03. The van der Waals surface area contributed by atoms with Gasteiger partial charge in [-0.15, -0.1) is 0 Å². The molecule has 2 rings (SSSR count). The largest absolute Gasteiger partial charge is 0.481 e. The molecule has 0 fully saturated rings. The Labute approximate surface area is 105 Å². The standard InChI is InChI=1S/C13H15NO4/c1-7(11(15)16)8-4-5-10-9(6-8)14-12(17)13(2,3)18-10/h4-7H,1-3H3,(H,14,17)(H,15,16). The predicted molar refractivity (Wildman–Crippen MR) is 65.8 cm³/mol. The number of hydrogen-bond donors (Lipinski definition) is 2. The van der Waals surface area contributed by atoms with Crippen molar-refractivity contribution in [3.05, 3.63) is 23.8 Å². The van der Waals surface area contributed by atoms with E-state index in [9.17, 15) is 9.59 Å². The lowest BCUT2D eigenvalue weighted by atomic mass is 9.99. The van der Waals surface area contributed by atoms with Crippen LogP contribution in [0.1, 0.15) is 32.3 Å². The van der Waals surface area contributed by atoms with Crippen molar-refractivity contribution in [3.63, 3.8) is 0 Å². The molecule has 1 atom stereocenters. The van der Waals surface area contributed by atoms with Gasteiger partial charge in [0.25, 0.3) is 5.91 Å². The maximum atomic E-state index is 11.7. The first-order chi connectivity index (χ1) is 8.31. The molecule has 5 heteroatoms. The number of carboxylic acid groups (broad SMARTS) is 1. The third kappa shape index (κ3) is 2.03. The summed E-state index contributed by atoms with van der Waals surface area (Å²) in [6, 6.07) is 5.03. The van der Waals surface area contributed by atoms with Gasteiger partial charge >= 0.3 is 5.97 Å². The van der Waals surface area contributed by atoms with Crippen molar-refractivity contribution >= 4 is 17.6 Å². The maximum absolute atomic E-state index is 11.7. The fourth-order valence-corrected chi connectivity index (χ4v) is 1.74. The van der Waals surface area contributed by atoms with Crippen molar-refractivity contribution in [2.45, 2.75) is 32.3 Å². The first-order valence-corrected chi connectivity index (χ1v) is 5.68. The lowest BCUT2D eigenvalue weighted by Crippen LogP contribution is -2.45. The van der Waals surface area contributed by atoms with Crippen LogP contribution in [0.3, 0.4) is 0 Å². The van der Waals surface area contributed by atoms with E-state index in [0.29, 0.717) is 17.0 Å². The topological polar surface area (TPSA) is 75.6 Å². The second-order valence-electron chi connectivity index (χ2n) is 4.88. The quantitative estimate of drug-likeness (QED) is 0.840. The lowest BCUT2D eigenvalue weighted by Gasteiger charge is -2.31. The zero-order valence-corrected chi connectivity index (χ0v) is 10.5. The van der Waals surface area contributed by atoms with E-state index in [4.69, 9.17) is 9.84 Å². The lowest BCUT2D eigenvalue weighted by molar-refractivity contribution is -0.138. The summed E-state index contributed by atoms with van der Waals surface area (Å²) in [5, 5.41) is 11.7. The van der Waals surface area contributed by atoms with E-state index in [2.05, 4.69) is 5.32 Å². The van der Waals surface area contributed by atoms with Crippen molar-refractivity contribution in [1.29, 1.82) is 0 Å². The highest BCUT2D eigenvalue weighted by Crippen LogP contribution is 2.35. The molecule has 0 bridgehead atoms. The molecule has 96 valence electrons. The highest BCUT2D eigenvalue weighted by atomic mass is 16.5. The van der Waals surface area contributed by atoms with Crippen LogP contribution in [0, 0.1) is 0 Å². The molecular formula is C13H15NO4. The number of rotatable bonds is 2. The molecule has 1 aliphatic heterocycles. The summed E-state index contributed by atoms with van der Waals surface area (Å²) in [6.45, 7) is 4.96. The molecule has 1 aromatic rings. The van der Waals surface area contributed by atoms with Crippen molar-refractivity contribution in [2.24, 2.45) is 0 Å². The van der Waals surface area contributed by atoms with E-state index in [1.54, 1.807) is 39.0 Å². The molecule has 5 nitrogen and oxygen atoms in total. The Bertz CT molecular complexity index is 522. The molecule has 0 aromatic heterocycles. The van der Waals surface area contributed by atoms with Crippen molar-refractivity contribution < 1.29 is 19.4 Å². The molecular weight excluding hydrogens is 234 g/mol. The molecule has 0 aliphatic carbocycles. The third-order valence-electron chi connectivity index (χ3n) is 3.03. The summed E-state index contributed by atoms with van der Waals surface area (Å²) in [7, 11) is 0. The Hall–Kier alpha value is -2.04. The molecule has 0 radical (unpaired) electrons. The summed E-state index contributed by atoms with van der Waals surface area (Å²) in [4.78, 5) is 22.7. The Morgan fingerprint density at radius 3 is 2.72 bits per heavy atom. The minimum Gasteiger partial charge on any atom is -0.481 e. The first-order valence-electron chi connectivity index (χ1n) is 5.68. The molecule has 0 spiro atoms. The molecule has 0 saturated carbocycles. The number of ether oxygens (including phenoxy) is 1. The minimum atomic E-state index is -0.910. The van der Waals surface area contributed by atoms with Crippen LogP contribution < -0.4 is 10.1 Å². The summed E-state index contributed by atoms with van der Waals surface area (Å²) in [5.41, 5.74) is 0.238. The van der Waals surface area contributed by atoms with Gasteiger partial charge in [0.05, 0.1) is 11.6 Å². The van der Waals surface area contributed by atoms with E-state index in [1.165, 1.54) is 0 Å². The van der Waals surface area contributed by atoms with Crippen LogP contribution in [0.2, 0.25) is 0 Å². The number of aliphatic carboxylic acids is 1. The Morgan fingerprint density at radius 2 is 2.11 bits per heavy atom. The molecule has 1 unspecified atom stereocenters. The second-order valence-corrected chi connectivity index (χ2v) is 4.88. The van der Waals surface area contributed by atoms with E-state index < -0.39 is 17.5 Å². The Morgan fingerprint density at radius 1 is 1.44 bits per heavy atom. The summed E-state index contributed by atoms with van der Waals surface area (Å²) in [5.74, 6) is -1.21. The summed E-state index contributed by atoms with van der Waals surface area (Å²) >= 11 is 0. The van der Waals surface area contributed by atoms with Gasteiger partial charge < -0.3 is 15.2 Å². The van der Waals surface area contributed by atoms with Crippen molar-refractivity contribution in [3.8, 4) is 5.75 Å². The maximum Gasteiger partial charge on any atom is 0.310 e. The molecule has 1 heterocycles. The van der Waals surface area contributed by atoms with Crippen LogP contribution in [0.4, 0.5) is 5.69 Å². The number of anilines is 1. The molecule has 1 aliphatic rings. The fraction of sp³-hybridized carbons (Fsp3) is 0.385. The average Bonchev–Trinajstić information content (AvgIpc) is 2.28. The van der Waals surface area contributed by atoms with Crippen molar-refractivity contribution in [2.75, 3.05) is 5.32 Å². The van der Waals surface area contributed by atoms with Crippen LogP contribution >= 0.6 is 0 Å². The number of carbonyl (C=O) groups excluding carboxylic acids is 1. The van der Waals surface area contributed by atoms with Crippen LogP contribution in [0.15, 0.2) is 18.2 Å². The fourth-order valence-electron chi connectivity index (χ4n) is 1.74. The summed E-state index contributed by atoms with van der Waals surface area (Å²) in [6.07, 6.45) is 0. The highest BCUT2D eigenvalue weighted by Gasteiger charge is 2.35. The zero-order valence-electron chi connectivity index (χ0n) is 10.5. The number of carboxylic acids is 1. The minimum absolute atomic E-state index is 0.241. The number of benzene rings is 1. The molecule has 1 aromatic carbocycles. The Kier molecular flexibility index (Phi) is 2.77. The summed E-state index contributed by atoms with van der Waals surface area (Å²) < 4.78 is 5.57. The van der Waals surface area contributed by atoms with Crippen molar-refractivity contribution in [1.82, 2.24) is 0 Å². The van der Waals surface area contributed by atoms with Crippen LogP contribution in [0.5, 0.6) is 5.75 Å². The van der Waals surface area contributed by atoms with E-state index >= 15 is 0 Å². The molecule has 18 heavy (non-hydrogen) atoms. The molecule has 1 amide bonds. The van der Waals surface area contributed by atoms with Crippen LogP contribution in [-0.2, 0) is 9.59 Å². The van der Waals surface area contributed by atoms with Gasteiger partial charge in [-0.3, -0.25) is 9.59 Å². The van der Waals surface area contributed by atoms with E-state index in [1.807, 2.05) is 0 Å². The zero-order chi connectivity index (χ0) is 13.5. The normalized spacial score (nSPS) is 18.3. The number of nitrogens with one attached hydrogen (secondary N) is 1. The monoisotopic (exact) mass is 249 g/mol. The van der Waals surface area contributed by atoms with Gasteiger partial charge in [-0.2, -0.15) is 0 Å². The van der Waals surface area contributed by atoms with Gasteiger partial charge in [-0.1, -0.05) is 6.07 Å². The van der Waals surface area contributed by atoms with Gasteiger partial charge in [-0.05, 0) is 38.5 Å². The SMILES string of the molecule is CC(C(=O)O)c1ccc2c(c1)NC(=O)C(C)(C)O2. The van der Waals surface area contributed by atoms with Gasteiger partial charge in [0.2, 0.25) is 0 Å². The van der Waals surface area contributed by atoms with E-state index in [-0.39, 0.29) is 5.91 Å². The first kappa shape index (κ1) is 12.4. The van der Waals surface area contributed by atoms with Gasteiger partial charge in [0.1, 0.15) is 5.75 Å². The second kappa shape index (κ2) is 4.01. The average molecular weight is 249 g/mol. The smallest absolute Gasteiger partial charge is 0.310 e. The number of carbonyl (C=O) groups is 2. The van der Waals surface area contributed by atoms with Crippen LogP contribution in [-0.4, -0.2) is 22.6 Å². The Balaban J connectivity index is 2.38.